The molecule has 0 fully saturated rings. The van der Waals surface area contributed by atoms with Crippen LogP contribution in [0, 0.1) is 0 Å². The highest BCUT2D eigenvalue weighted by Gasteiger charge is 2.16. The number of nitrogens with two attached hydrogens (primary N) is 1. The van der Waals surface area contributed by atoms with Crippen LogP contribution in [-0.2, 0) is 12.8 Å². The van der Waals surface area contributed by atoms with E-state index in [0.29, 0.717) is 21.6 Å². The fraction of sp³-hybridized carbons (Fsp3) is 0.333. The van der Waals surface area contributed by atoms with E-state index in [2.05, 4.69) is 10.1 Å². The van der Waals surface area contributed by atoms with Crippen LogP contribution in [0.4, 0.5) is 5.69 Å². The number of halogens is 2. The minimum absolute atomic E-state index is 0.461. The minimum Gasteiger partial charge on any atom is -0.396 e. The van der Waals surface area contributed by atoms with Crippen molar-refractivity contribution < 1.29 is 0 Å². The molecule has 0 aromatic carbocycles. The molecular formula is C12H14Cl2N4. The van der Waals surface area contributed by atoms with Gasteiger partial charge in [-0.1, -0.05) is 37.0 Å². The van der Waals surface area contributed by atoms with Crippen molar-refractivity contribution in [1.29, 1.82) is 0 Å². The summed E-state index contributed by atoms with van der Waals surface area (Å²) in [5.74, 6) is 0.560. The molecule has 18 heavy (non-hydrogen) atoms. The zero-order valence-corrected chi connectivity index (χ0v) is 11.8. The number of nitrogen functional groups attached to an aromatic ring is 1. The Morgan fingerprint density at radius 2 is 2.00 bits per heavy atom. The Morgan fingerprint density at radius 1 is 1.28 bits per heavy atom. The number of aromatic nitrogens is 3. The molecule has 0 atom stereocenters. The second-order valence-corrected chi connectivity index (χ2v) is 4.73. The SMILES string of the molecule is CCc1nn(-c2ncc(Cl)cc2Cl)c(CC)c1N. The Hall–Kier alpha value is -1.26. The molecule has 0 unspecified atom stereocenters. The lowest BCUT2D eigenvalue weighted by molar-refractivity contribution is 0.773. The smallest absolute Gasteiger partial charge is 0.172 e. The van der Waals surface area contributed by atoms with Gasteiger partial charge in [0.05, 0.1) is 27.1 Å². The van der Waals surface area contributed by atoms with Crippen molar-refractivity contribution in [2.24, 2.45) is 0 Å². The van der Waals surface area contributed by atoms with Crippen molar-refractivity contribution in [3.05, 3.63) is 33.7 Å². The van der Waals surface area contributed by atoms with Crippen molar-refractivity contribution >= 4 is 28.9 Å². The predicted octanol–water partition coefficient (Wildman–Crippen LogP) is 3.28. The standard InChI is InChI=1S/C12H14Cl2N4/c1-3-9-11(15)10(4-2)18(17-9)12-8(14)5-7(13)6-16-12/h5-6H,3-4,15H2,1-2H3. The first-order valence-electron chi connectivity index (χ1n) is 5.76. The van der Waals surface area contributed by atoms with Gasteiger partial charge < -0.3 is 5.73 Å². The highest BCUT2D eigenvalue weighted by atomic mass is 35.5. The Labute approximate surface area is 116 Å². The van der Waals surface area contributed by atoms with E-state index >= 15 is 0 Å². The van der Waals surface area contributed by atoms with Crippen LogP contribution in [-0.4, -0.2) is 14.8 Å². The zero-order chi connectivity index (χ0) is 13.3. The maximum Gasteiger partial charge on any atom is 0.172 e. The van der Waals surface area contributed by atoms with Crippen molar-refractivity contribution in [1.82, 2.24) is 14.8 Å². The quantitative estimate of drug-likeness (QED) is 0.941. The Morgan fingerprint density at radius 3 is 2.56 bits per heavy atom. The summed E-state index contributed by atoms with van der Waals surface area (Å²) in [7, 11) is 0. The molecule has 96 valence electrons. The van der Waals surface area contributed by atoms with Crippen LogP contribution >= 0.6 is 23.2 Å². The lowest BCUT2D eigenvalue weighted by atomic mass is 10.2. The lowest BCUT2D eigenvalue weighted by Crippen LogP contribution is -2.05. The molecule has 0 saturated carbocycles. The van der Waals surface area contributed by atoms with Crippen LogP contribution in [0.3, 0.4) is 0 Å². The van der Waals surface area contributed by atoms with Gasteiger partial charge in [-0.3, -0.25) is 0 Å². The van der Waals surface area contributed by atoms with Gasteiger partial charge in [0.25, 0.3) is 0 Å². The van der Waals surface area contributed by atoms with Crippen molar-refractivity contribution in [3.63, 3.8) is 0 Å². The number of hydrogen-bond acceptors (Lipinski definition) is 3. The maximum absolute atomic E-state index is 6.15. The topological polar surface area (TPSA) is 56.7 Å². The zero-order valence-electron chi connectivity index (χ0n) is 10.2. The van der Waals surface area contributed by atoms with Crippen LogP contribution < -0.4 is 5.73 Å². The van der Waals surface area contributed by atoms with E-state index in [4.69, 9.17) is 28.9 Å². The van der Waals surface area contributed by atoms with Gasteiger partial charge in [0, 0.05) is 6.20 Å². The molecule has 2 aromatic rings. The minimum atomic E-state index is 0.461. The first kappa shape index (κ1) is 13.2. The first-order chi connectivity index (χ1) is 8.58. The van der Waals surface area contributed by atoms with Gasteiger partial charge in [-0.15, -0.1) is 0 Å². The van der Waals surface area contributed by atoms with Gasteiger partial charge in [0.1, 0.15) is 0 Å². The molecule has 0 radical (unpaired) electrons. The Bertz CT molecular complexity index is 578. The molecule has 2 heterocycles. The third kappa shape index (κ3) is 2.18. The van der Waals surface area contributed by atoms with Crippen LogP contribution in [0.15, 0.2) is 12.3 Å². The van der Waals surface area contributed by atoms with E-state index < -0.39 is 0 Å². The van der Waals surface area contributed by atoms with Crippen molar-refractivity contribution in [2.45, 2.75) is 26.7 Å². The highest BCUT2D eigenvalue weighted by molar-refractivity contribution is 6.35. The normalized spacial score (nSPS) is 10.9. The van der Waals surface area contributed by atoms with E-state index in [1.165, 1.54) is 0 Å². The van der Waals surface area contributed by atoms with E-state index in [1.807, 2.05) is 13.8 Å². The number of pyridine rings is 1. The summed E-state index contributed by atoms with van der Waals surface area (Å²) in [4.78, 5) is 4.23. The summed E-state index contributed by atoms with van der Waals surface area (Å²) < 4.78 is 1.70. The number of nitrogens with zero attached hydrogens (tertiary/aromatic N) is 3. The van der Waals surface area contributed by atoms with Gasteiger partial charge in [-0.05, 0) is 18.9 Å². The summed E-state index contributed by atoms with van der Waals surface area (Å²) >= 11 is 12.0. The molecule has 0 saturated heterocycles. The van der Waals surface area contributed by atoms with Crippen LogP contribution in [0.5, 0.6) is 0 Å². The molecular weight excluding hydrogens is 271 g/mol. The third-order valence-electron chi connectivity index (χ3n) is 2.76. The Balaban J connectivity index is 2.63. The molecule has 0 amide bonds. The molecule has 2 aromatic heterocycles. The number of rotatable bonds is 3. The van der Waals surface area contributed by atoms with Crippen LogP contribution in [0.1, 0.15) is 25.2 Å². The number of anilines is 1. The van der Waals surface area contributed by atoms with Gasteiger partial charge in [0.15, 0.2) is 5.82 Å². The predicted molar refractivity (Wildman–Crippen MR) is 74.5 cm³/mol. The van der Waals surface area contributed by atoms with Gasteiger partial charge >= 0.3 is 0 Å². The molecule has 2 N–H and O–H groups in total. The second-order valence-electron chi connectivity index (χ2n) is 3.88. The largest absolute Gasteiger partial charge is 0.396 e. The lowest BCUT2D eigenvalue weighted by Gasteiger charge is -2.07. The first-order valence-corrected chi connectivity index (χ1v) is 6.51. The van der Waals surface area contributed by atoms with Gasteiger partial charge in [-0.2, -0.15) is 5.10 Å². The summed E-state index contributed by atoms with van der Waals surface area (Å²) in [6, 6.07) is 1.65. The summed E-state index contributed by atoms with van der Waals surface area (Å²) in [5.41, 5.74) is 8.56. The Kier molecular flexibility index (Phi) is 3.78. The fourth-order valence-electron chi connectivity index (χ4n) is 1.86. The molecule has 0 aliphatic rings. The molecule has 4 nitrogen and oxygen atoms in total. The summed E-state index contributed by atoms with van der Waals surface area (Å²) in [6.45, 7) is 4.03. The van der Waals surface area contributed by atoms with Crippen molar-refractivity contribution in [2.75, 3.05) is 5.73 Å². The molecule has 0 aliphatic carbocycles. The average Bonchev–Trinajstić information content (AvgIpc) is 2.65. The molecule has 0 aliphatic heterocycles. The maximum atomic E-state index is 6.15. The summed E-state index contributed by atoms with van der Waals surface area (Å²) in [5, 5.41) is 5.42. The van der Waals surface area contributed by atoms with Crippen LogP contribution in [0.25, 0.3) is 5.82 Å². The van der Waals surface area contributed by atoms with Crippen molar-refractivity contribution in [3.8, 4) is 5.82 Å². The van der Waals surface area contributed by atoms with E-state index in [-0.39, 0.29) is 0 Å². The van der Waals surface area contributed by atoms with Gasteiger partial charge in [0.2, 0.25) is 0 Å². The van der Waals surface area contributed by atoms with E-state index in [0.717, 1.165) is 24.2 Å². The average molecular weight is 285 g/mol. The van der Waals surface area contributed by atoms with E-state index in [1.54, 1.807) is 16.9 Å². The van der Waals surface area contributed by atoms with Gasteiger partial charge in [-0.25, -0.2) is 9.67 Å². The second kappa shape index (κ2) is 5.16. The molecule has 0 bridgehead atoms. The van der Waals surface area contributed by atoms with Crippen LogP contribution in [0.2, 0.25) is 10.0 Å². The molecule has 2 rings (SSSR count). The molecule has 6 heteroatoms. The van der Waals surface area contributed by atoms with E-state index in [9.17, 15) is 0 Å². The summed E-state index contributed by atoms with van der Waals surface area (Å²) in [6.07, 6.45) is 3.09. The monoisotopic (exact) mass is 284 g/mol. The highest BCUT2D eigenvalue weighted by Crippen LogP contribution is 2.26. The number of aryl methyl sites for hydroxylation is 1. The number of hydrogen-bond donors (Lipinski definition) is 1. The third-order valence-corrected chi connectivity index (χ3v) is 3.24. The molecule has 0 spiro atoms. The fourth-order valence-corrected chi connectivity index (χ4v) is 2.32.